The van der Waals surface area contributed by atoms with Crippen LogP contribution in [0.1, 0.15) is 84.5 Å². The van der Waals surface area contributed by atoms with Gasteiger partial charge in [0.1, 0.15) is 0 Å². The Balaban J connectivity index is 0. The van der Waals surface area contributed by atoms with E-state index in [0.29, 0.717) is 0 Å². The van der Waals surface area contributed by atoms with Crippen molar-refractivity contribution >= 4 is 5.97 Å². The zero-order valence-corrected chi connectivity index (χ0v) is 13.9. The van der Waals surface area contributed by atoms with Crippen LogP contribution in [0.5, 0.6) is 0 Å². The molecule has 124 valence electrons. The van der Waals surface area contributed by atoms with Crippen LogP contribution in [0.25, 0.3) is 0 Å². The van der Waals surface area contributed by atoms with Crippen LogP contribution in [0, 0.1) is 0 Å². The van der Waals surface area contributed by atoms with Crippen molar-refractivity contribution in [1.82, 2.24) is 0 Å². The van der Waals surface area contributed by atoms with Gasteiger partial charge in [0.15, 0.2) is 0 Å². The number of carbonyl (C=O) groups is 1. The highest BCUT2D eigenvalue weighted by molar-refractivity contribution is 5.62. The molecule has 0 atom stereocenters. The smallest absolute Gasteiger partial charge is 0.300 e. The Morgan fingerprint density at radius 3 is 1.57 bits per heavy atom. The largest absolute Gasteiger partial charge is 0.516 e. The van der Waals surface area contributed by atoms with E-state index in [1.807, 2.05) is 6.08 Å². The predicted molar refractivity (Wildman–Crippen MR) is 90.7 cm³/mol. The van der Waals surface area contributed by atoms with E-state index in [2.05, 4.69) is 19.1 Å². The van der Waals surface area contributed by atoms with Gasteiger partial charge in [0, 0.05) is 6.92 Å². The third-order valence-corrected chi connectivity index (χ3v) is 2.99. The summed E-state index contributed by atoms with van der Waals surface area (Å²) in [6.07, 6.45) is 21.8. The zero-order chi connectivity index (χ0) is 16.2. The number of unbranched alkanes of at least 4 members (excludes halogenated alkanes) is 9. The van der Waals surface area contributed by atoms with Gasteiger partial charge in [0.05, 0.1) is 6.26 Å². The molecule has 0 aromatic heterocycles. The van der Waals surface area contributed by atoms with Crippen molar-refractivity contribution in [3.63, 3.8) is 0 Å². The number of aliphatic carboxylic acids is 1. The summed E-state index contributed by atoms with van der Waals surface area (Å²) in [5.41, 5.74) is 0. The van der Waals surface area contributed by atoms with Crippen molar-refractivity contribution in [2.75, 3.05) is 0 Å². The normalized spacial score (nSPS) is 10.8. The Morgan fingerprint density at radius 1 is 0.810 bits per heavy atom. The lowest BCUT2D eigenvalue weighted by atomic mass is 10.1. The van der Waals surface area contributed by atoms with Crippen molar-refractivity contribution in [2.45, 2.75) is 84.5 Å². The summed E-state index contributed by atoms with van der Waals surface area (Å²) < 4.78 is 0. The quantitative estimate of drug-likeness (QED) is 0.263. The molecular formula is C18H34O3. The molecule has 0 rings (SSSR count). The highest BCUT2D eigenvalue weighted by Gasteiger charge is 1.88. The summed E-state index contributed by atoms with van der Waals surface area (Å²) >= 11 is 0. The lowest BCUT2D eigenvalue weighted by Crippen LogP contribution is -1.78. The molecule has 3 nitrogen and oxygen atoms in total. The van der Waals surface area contributed by atoms with E-state index in [1.165, 1.54) is 64.2 Å². The Kier molecular flexibility index (Phi) is 22.1. The molecule has 0 aromatic rings. The fourth-order valence-electron chi connectivity index (χ4n) is 1.88. The van der Waals surface area contributed by atoms with E-state index in [9.17, 15) is 0 Å². The van der Waals surface area contributed by atoms with E-state index in [1.54, 1.807) is 0 Å². The molecule has 0 aromatic carbocycles. The predicted octanol–water partition coefficient (Wildman–Crippen LogP) is 6.02. The third-order valence-electron chi connectivity index (χ3n) is 2.99. The van der Waals surface area contributed by atoms with E-state index in [-0.39, 0.29) is 0 Å². The van der Waals surface area contributed by atoms with Gasteiger partial charge in [0.2, 0.25) is 0 Å². The van der Waals surface area contributed by atoms with Gasteiger partial charge in [0.25, 0.3) is 5.97 Å². The molecule has 0 saturated heterocycles. The van der Waals surface area contributed by atoms with Crippen LogP contribution < -0.4 is 0 Å². The summed E-state index contributed by atoms with van der Waals surface area (Å²) in [5.74, 6) is -0.833. The second kappa shape index (κ2) is 21.1. The highest BCUT2D eigenvalue weighted by atomic mass is 16.4. The highest BCUT2D eigenvalue weighted by Crippen LogP contribution is 2.07. The van der Waals surface area contributed by atoms with Crippen LogP contribution in [0.15, 0.2) is 24.5 Å². The Bertz CT molecular complexity index is 253. The molecule has 0 unspecified atom stereocenters. The maximum atomic E-state index is 9.00. The SMILES string of the molecule is CC(=O)O.CCCCCCC=CCCCCCC/C=C\O. The topological polar surface area (TPSA) is 57.5 Å². The van der Waals surface area contributed by atoms with Gasteiger partial charge in [-0.15, -0.1) is 0 Å². The van der Waals surface area contributed by atoms with E-state index >= 15 is 0 Å². The molecule has 0 amide bonds. The number of hydrogen-bond donors (Lipinski definition) is 2. The molecule has 0 radical (unpaired) electrons. The average molecular weight is 298 g/mol. The van der Waals surface area contributed by atoms with Gasteiger partial charge in [-0.25, -0.2) is 0 Å². The molecule has 0 aliphatic heterocycles. The van der Waals surface area contributed by atoms with Crippen LogP contribution in [0.2, 0.25) is 0 Å². The van der Waals surface area contributed by atoms with Crippen molar-refractivity contribution in [3.8, 4) is 0 Å². The Hall–Kier alpha value is -1.25. The fourth-order valence-corrected chi connectivity index (χ4v) is 1.88. The third kappa shape index (κ3) is 32.4. The summed E-state index contributed by atoms with van der Waals surface area (Å²) in [7, 11) is 0. The fraction of sp³-hybridized carbons (Fsp3) is 0.722. The van der Waals surface area contributed by atoms with Gasteiger partial charge < -0.3 is 10.2 Å². The van der Waals surface area contributed by atoms with E-state index < -0.39 is 5.97 Å². The van der Waals surface area contributed by atoms with E-state index in [0.717, 1.165) is 19.6 Å². The monoisotopic (exact) mass is 298 g/mol. The molecule has 2 N–H and O–H groups in total. The van der Waals surface area contributed by atoms with Crippen LogP contribution in [-0.2, 0) is 4.79 Å². The molecule has 0 fully saturated rings. The molecule has 0 saturated carbocycles. The van der Waals surface area contributed by atoms with Gasteiger partial charge in [-0.05, 0) is 38.5 Å². The number of aliphatic hydroxyl groups excluding tert-OH is 1. The zero-order valence-electron chi connectivity index (χ0n) is 13.9. The van der Waals surface area contributed by atoms with E-state index in [4.69, 9.17) is 15.0 Å². The van der Waals surface area contributed by atoms with Crippen LogP contribution in [-0.4, -0.2) is 16.2 Å². The number of rotatable bonds is 12. The minimum Gasteiger partial charge on any atom is -0.516 e. The maximum absolute atomic E-state index is 9.00. The van der Waals surface area contributed by atoms with Gasteiger partial charge in [-0.2, -0.15) is 0 Å². The minimum atomic E-state index is -0.833. The minimum absolute atomic E-state index is 0.833. The first kappa shape index (κ1) is 22.0. The summed E-state index contributed by atoms with van der Waals surface area (Å²) in [6.45, 7) is 3.34. The molecule has 0 bridgehead atoms. The van der Waals surface area contributed by atoms with Crippen LogP contribution in [0.3, 0.4) is 0 Å². The van der Waals surface area contributed by atoms with Gasteiger partial charge in [-0.3, -0.25) is 4.79 Å². The lowest BCUT2D eigenvalue weighted by Gasteiger charge is -1.97. The molecule has 0 aliphatic rings. The first-order valence-corrected chi connectivity index (χ1v) is 8.28. The number of aliphatic hydroxyl groups is 1. The first-order valence-electron chi connectivity index (χ1n) is 8.28. The van der Waals surface area contributed by atoms with Gasteiger partial charge >= 0.3 is 0 Å². The Labute approximate surface area is 130 Å². The summed E-state index contributed by atoms with van der Waals surface area (Å²) in [4.78, 5) is 9.00. The van der Waals surface area contributed by atoms with Crippen molar-refractivity contribution in [1.29, 1.82) is 0 Å². The molecule has 0 aliphatic carbocycles. The Morgan fingerprint density at radius 2 is 1.19 bits per heavy atom. The van der Waals surface area contributed by atoms with Crippen molar-refractivity contribution in [2.24, 2.45) is 0 Å². The average Bonchev–Trinajstić information content (AvgIpc) is 2.43. The lowest BCUT2D eigenvalue weighted by molar-refractivity contribution is -0.134. The molecule has 21 heavy (non-hydrogen) atoms. The van der Waals surface area contributed by atoms with Crippen molar-refractivity contribution < 1.29 is 15.0 Å². The first-order chi connectivity index (χ1) is 10.1. The second-order valence-electron chi connectivity index (χ2n) is 5.22. The summed E-state index contributed by atoms with van der Waals surface area (Å²) in [6, 6.07) is 0. The molecule has 0 heterocycles. The molecular weight excluding hydrogens is 264 g/mol. The maximum Gasteiger partial charge on any atom is 0.300 e. The number of carboxylic acid groups (broad SMARTS) is 1. The number of carboxylic acids is 1. The standard InChI is InChI=1S/C16H30O.C2H4O2/c1-2-3-4-5-6-7-8-9-10-11-12-13-14-15-16-17;1-2(3)4/h7-8,15-17H,2-6,9-14H2,1H3;1H3,(H,3,4)/b8-7?,16-15-;. The molecule has 3 heteroatoms. The second-order valence-corrected chi connectivity index (χ2v) is 5.22. The summed E-state index contributed by atoms with van der Waals surface area (Å²) in [5, 5.41) is 15.9. The molecule has 0 spiro atoms. The van der Waals surface area contributed by atoms with Crippen molar-refractivity contribution in [3.05, 3.63) is 24.5 Å². The number of hydrogen-bond acceptors (Lipinski definition) is 2. The number of allylic oxidation sites excluding steroid dienone is 3. The van der Waals surface area contributed by atoms with Gasteiger partial charge in [-0.1, -0.05) is 57.3 Å². The van der Waals surface area contributed by atoms with Crippen LogP contribution >= 0.6 is 0 Å². The van der Waals surface area contributed by atoms with Crippen LogP contribution in [0.4, 0.5) is 0 Å².